The van der Waals surface area contributed by atoms with Crippen molar-refractivity contribution in [1.29, 1.82) is 0 Å². The van der Waals surface area contributed by atoms with Crippen LogP contribution in [0.5, 0.6) is 0 Å². The number of nitrogens with one attached hydrogen (secondary N) is 3. The smallest absolute Gasteiger partial charge is 0.397 e. The van der Waals surface area contributed by atoms with Crippen molar-refractivity contribution in [3.8, 4) is 0 Å². The second-order valence-corrected chi connectivity index (χ2v) is 15.7. The number of aliphatic carboxylic acids is 1. The maximum absolute atomic E-state index is 14.0. The van der Waals surface area contributed by atoms with Crippen molar-refractivity contribution < 1.29 is 65.6 Å². The molecule has 4 unspecified atom stereocenters. The van der Waals surface area contributed by atoms with Crippen LogP contribution in [0.2, 0.25) is 0 Å². The van der Waals surface area contributed by atoms with E-state index in [1.807, 2.05) is 0 Å². The molecule has 0 radical (unpaired) electrons. The first-order valence-electron chi connectivity index (χ1n) is 20.1. The molecule has 1 heterocycles. The van der Waals surface area contributed by atoms with Gasteiger partial charge in [-0.05, 0) is 33.1 Å². The second-order valence-electron chi connectivity index (χ2n) is 14.6. The number of carbonyl (C=O) groups excluding carboxylic acids is 5. The minimum absolute atomic E-state index is 0.136. The zero-order valence-electron chi connectivity index (χ0n) is 34.1. The van der Waals surface area contributed by atoms with Crippen molar-refractivity contribution in [1.82, 2.24) is 20.9 Å². The van der Waals surface area contributed by atoms with Gasteiger partial charge in [0, 0.05) is 26.3 Å². The van der Waals surface area contributed by atoms with Crippen molar-refractivity contribution in [2.24, 2.45) is 5.73 Å². The van der Waals surface area contributed by atoms with Gasteiger partial charge in [-0.2, -0.15) is 8.42 Å². The number of carboxylic acid groups (broad SMARTS) is 1. The number of ether oxygens (including phenoxy) is 2. The SMILES string of the molecule is CCCCCCCCCC(=O)N(CCCCCCCC)C1O[C@H](COS(=O)(=O)O)[C@@H](O)[C@H](OC(C)C(=O)NC(CCC(=O)NC(C)C(=O)O)C(N)=O)[C@H]1NC(C)=O. The molecule has 8 N–H and O–H groups in total. The zero-order chi connectivity index (χ0) is 43.1. The third-order valence-electron chi connectivity index (χ3n) is 9.62. The van der Waals surface area contributed by atoms with Crippen molar-refractivity contribution in [2.45, 2.75) is 186 Å². The topological polar surface area (TPSA) is 290 Å². The van der Waals surface area contributed by atoms with Crippen LogP contribution in [0.4, 0.5) is 0 Å². The maximum Gasteiger partial charge on any atom is 0.397 e. The minimum Gasteiger partial charge on any atom is -0.480 e. The first-order valence-corrected chi connectivity index (χ1v) is 21.5. The van der Waals surface area contributed by atoms with Crippen LogP contribution in [0.1, 0.15) is 137 Å². The van der Waals surface area contributed by atoms with E-state index < -0.39 is 95.4 Å². The fraction of sp³-hybridized carbons (Fsp3) is 0.838. The first kappa shape index (κ1) is 51.6. The summed E-state index contributed by atoms with van der Waals surface area (Å²) in [4.78, 5) is 77.0. The average molecular weight is 838 g/mol. The number of nitrogens with zero attached hydrogens (tertiary/aromatic N) is 1. The molecule has 8 atom stereocenters. The molecule has 0 aliphatic carbocycles. The van der Waals surface area contributed by atoms with Crippen molar-refractivity contribution in [3.05, 3.63) is 0 Å². The molecule has 1 fully saturated rings. The lowest BCUT2D eigenvalue weighted by Crippen LogP contribution is -2.70. The molecule has 330 valence electrons. The van der Waals surface area contributed by atoms with Crippen LogP contribution in [0.3, 0.4) is 0 Å². The van der Waals surface area contributed by atoms with E-state index in [1.54, 1.807) is 0 Å². The fourth-order valence-corrected chi connectivity index (χ4v) is 6.70. The third-order valence-corrected chi connectivity index (χ3v) is 10.1. The lowest BCUT2D eigenvalue weighted by atomic mass is 9.94. The summed E-state index contributed by atoms with van der Waals surface area (Å²) >= 11 is 0. The molecule has 19 nitrogen and oxygen atoms in total. The number of aliphatic hydroxyl groups is 1. The van der Waals surface area contributed by atoms with Gasteiger partial charge in [-0.1, -0.05) is 84.5 Å². The van der Waals surface area contributed by atoms with E-state index in [0.29, 0.717) is 12.8 Å². The van der Waals surface area contributed by atoms with Crippen LogP contribution in [-0.2, 0) is 52.8 Å². The van der Waals surface area contributed by atoms with Gasteiger partial charge >= 0.3 is 16.4 Å². The predicted octanol–water partition coefficient (Wildman–Crippen LogP) is 1.84. The molecule has 1 aliphatic heterocycles. The molecular formula is C37H67N5O14S. The average Bonchev–Trinajstić information content (AvgIpc) is 3.13. The van der Waals surface area contributed by atoms with Gasteiger partial charge in [0.2, 0.25) is 29.5 Å². The van der Waals surface area contributed by atoms with Gasteiger partial charge in [0.25, 0.3) is 0 Å². The molecule has 57 heavy (non-hydrogen) atoms. The number of carboxylic acids is 1. The minimum atomic E-state index is -5.03. The summed E-state index contributed by atoms with van der Waals surface area (Å²) in [5, 5.41) is 27.8. The summed E-state index contributed by atoms with van der Waals surface area (Å²) in [6.45, 7) is 7.17. The Bertz CT molecular complexity index is 1390. The van der Waals surface area contributed by atoms with Crippen LogP contribution in [0, 0.1) is 0 Å². The standard InChI is InChI=1S/C37H67N5O14S/c1-6-8-10-12-14-15-17-19-30(45)42(22-18-16-13-11-9-7-2)36-31(40-26(5)43)33(32(46)28(56-36)23-54-57(51,52)53)55-25(4)35(48)41-27(34(38)47)20-21-29(44)39-24(3)37(49)50/h24-25,27-28,31-33,36,46H,6-23H2,1-5H3,(H2,38,47)(H,39,44)(H,40,43)(H,41,48)(H,49,50)(H,51,52,53)/t24?,25?,27?,28-,31-,32-,33-,36?/m1/s1. The number of hydrogen-bond donors (Lipinski definition) is 7. The Morgan fingerprint density at radius 3 is 1.95 bits per heavy atom. The highest BCUT2D eigenvalue weighted by atomic mass is 32.3. The number of carbonyl (C=O) groups is 6. The predicted molar refractivity (Wildman–Crippen MR) is 207 cm³/mol. The highest BCUT2D eigenvalue weighted by molar-refractivity contribution is 7.80. The van der Waals surface area contributed by atoms with Crippen LogP contribution < -0.4 is 21.7 Å². The van der Waals surface area contributed by atoms with Crippen molar-refractivity contribution >= 4 is 45.9 Å². The number of aliphatic hydroxyl groups excluding tert-OH is 1. The van der Waals surface area contributed by atoms with Gasteiger partial charge in [-0.3, -0.25) is 33.3 Å². The zero-order valence-corrected chi connectivity index (χ0v) is 34.9. The van der Waals surface area contributed by atoms with E-state index in [0.717, 1.165) is 70.6 Å². The van der Waals surface area contributed by atoms with E-state index in [1.165, 1.54) is 25.7 Å². The van der Waals surface area contributed by atoms with Crippen LogP contribution in [0.25, 0.3) is 0 Å². The number of hydrogen-bond acceptors (Lipinski definition) is 12. The van der Waals surface area contributed by atoms with Gasteiger partial charge < -0.3 is 46.3 Å². The normalized spacial score (nSPS) is 21.1. The Balaban J connectivity index is 3.43. The third kappa shape index (κ3) is 20.7. The first-order chi connectivity index (χ1) is 26.8. The molecule has 1 saturated heterocycles. The summed E-state index contributed by atoms with van der Waals surface area (Å²) < 4.78 is 49.2. The largest absolute Gasteiger partial charge is 0.480 e. The molecule has 0 spiro atoms. The van der Waals surface area contributed by atoms with E-state index in [9.17, 15) is 46.8 Å². The summed E-state index contributed by atoms with van der Waals surface area (Å²) in [5.41, 5.74) is 5.47. The lowest BCUT2D eigenvalue weighted by Gasteiger charge is -2.48. The number of amides is 5. The second kappa shape index (κ2) is 27.3. The van der Waals surface area contributed by atoms with Crippen molar-refractivity contribution in [3.63, 3.8) is 0 Å². The molecule has 1 rings (SSSR count). The fourth-order valence-electron chi connectivity index (χ4n) is 6.40. The number of unbranched alkanes of at least 4 members (excludes halogenated alkanes) is 11. The number of nitrogens with two attached hydrogens (primary N) is 1. The van der Waals surface area contributed by atoms with Crippen molar-refractivity contribution in [2.75, 3.05) is 13.2 Å². The quantitative estimate of drug-likeness (QED) is 0.0402. The van der Waals surface area contributed by atoms with Gasteiger partial charge in [-0.15, -0.1) is 0 Å². The van der Waals surface area contributed by atoms with E-state index in [-0.39, 0.29) is 31.7 Å². The van der Waals surface area contributed by atoms with Gasteiger partial charge in [0.05, 0.1) is 6.61 Å². The van der Waals surface area contributed by atoms with E-state index in [2.05, 4.69) is 34.0 Å². The van der Waals surface area contributed by atoms with Crippen LogP contribution in [0.15, 0.2) is 0 Å². The van der Waals surface area contributed by atoms with Gasteiger partial charge in [0.15, 0.2) is 6.23 Å². The molecular weight excluding hydrogens is 770 g/mol. The highest BCUT2D eigenvalue weighted by Crippen LogP contribution is 2.29. The Morgan fingerprint density at radius 1 is 0.860 bits per heavy atom. The Hall–Kier alpha value is -3.43. The Labute approximate surface area is 336 Å². The molecule has 20 heteroatoms. The van der Waals surface area contributed by atoms with E-state index >= 15 is 0 Å². The molecule has 0 aromatic carbocycles. The summed E-state index contributed by atoms with van der Waals surface area (Å²) in [6, 6.07) is -3.93. The van der Waals surface area contributed by atoms with Crippen LogP contribution in [-0.4, -0.2) is 126 Å². The monoisotopic (exact) mass is 837 g/mol. The van der Waals surface area contributed by atoms with Crippen LogP contribution >= 0.6 is 0 Å². The molecule has 0 aromatic rings. The molecule has 0 saturated carbocycles. The maximum atomic E-state index is 14.0. The molecule has 5 amide bonds. The Kier molecular flexibility index (Phi) is 24.7. The van der Waals surface area contributed by atoms with Gasteiger partial charge in [-0.25, -0.2) is 4.18 Å². The van der Waals surface area contributed by atoms with E-state index in [4.69, 9.17) is 20.3 Å². The summed E-state index contributed by atoms with van der Waals surface area (Å²) in [5.74, 6) is -4.86. The lowest BCUT2D eigenvalue weighted by molar-refractivity contribution is -0.244. The molecule has 0 aromatic heterocycles. The summed E-state index contributed by atoms with van der Waals surface area (Å²) in [6.07, 6.45) is 3.72. The highest BCUT2D eigenvalue weighted by Gasteiger charge is 2.50. The molecule has 0 bridgehead atoms. The Morgan fingerprint density at radius 2 is 1.42 bits per heavy atom. The number of primary amides is 1. The molecule has 1 aliphatic rings. The van der Waals surface area contributed by atoms with Gasteiger partial charge in [0.1, 0.15) is 42.5 Å². The summed E-state index contributed by atoms with van der Waals surface area (Å²) in [7, 11) is -5.03. The number of rotatable bonds is 30.